The minimum Gasteiger partial charge on any atom is -0.326 e. The van der Waals surface area contributed by atoms with Gasteiger partial charge in [-0.25, -0.2) is 4.39 Å². The fourth-order valence-corrected chi connectivity index (χ4v) is 6.96. The molecule has 30 heavy (non-hydrogen) atoms. The van der Waals surface area contributed by atoms with E-state index in [1.807, 2.05) is 11.3 Å². The molecule has 1 aromatic heterocycles. The van der Waals surface area contributed by atoms with E-state index in [1.54, 1.807) is 18.0 Å². The lowest BCUT2D eigenvalue weighted by atomic mass is 9.80. The van der Waals surface area contributed by atoms with Crippen molar-refractivity contribution in [2.75, 3.05) is 11.1 Å². The van der Waals surface area contributed by atoms with Crippen LogP contribution in [-0.4, -0.2) is 11.7 Å². The zero-order valence-corrected chi connectivity index (χ0v) is 19.5. The van der Waals surface area contributed by atoms with E-state index in [0.29, 0.717) is 11.6 Å². The molecule has 7 heteroatoms. The first kappa shape index (κ1) is 22.1. The predicted octanol–water partition coefficient (Wildman–Crippen LogP) is 7.16. The third kappa shape index (κ3) is 5.21. The smallest absolute Gasteiger partial charge is 0.228 e. The summed E-state index contributed by atoms with van der Waals surface area (Å²) in [6, 6.07) is 9.00. The molecule has 2 aromatic rings. The fourth-order valence-electron chi connectivity index (χ4n) is 4.46. The highest BCUT2D eigenvalue weighted by atomic mass is 35.5. The molecule has 1 amide bonds. The van der Waals surface area contributed by atoms with Crippen molar-refractivity contribution in [2.45, 2.75) is 57.4 Å². The van der Waals surface area contributed by atoms with Gasteiger partial charge in [0, 0.05) is 21.2 Å². The first-order valence-corrected chi connectivity index (χ1v) is 12.9. The number of carbonyl (C=O) groups is 1. The molecule has 0 bridgehead atoms. The number of anilines is 1. The van der Waals surface area contributed by atoms with Crippen LogP contribution in [0.25, 0.3) is 0 Å². The molecular formula is C23H28ClFN2OS2. The number of carbonyl (C=O) groups excluding carboxylic acids is 1. The summed E-state index contributed by atoms with van der Waals surface area (Å²) in [6.07, 6.45) is 7.37. The molecule has 1 aromatic carbocycles. The van der Waals surface area contributed by atoms with Gasteiger partial charge in [0.15, 0.2) is 0 Å². The maximum absolute atomic E-state index is 13.3. The molecule has 2 unspecified atom stereocenters. The normalized spacial score (nSPS) is 27.0. The number of nitrogens with one attached hydrogen (secondary N) is 2. The second-order valence-corrected chi connectivity index (χ2v) is 10.8. The van der Waals surface area contributed by atoms with Crippen LogP contribution in [0.2, 0.25) is 5.02 Å². The van der Waals surface area contributed by atoms with Crippen molar-refractivity contribution in [1.29, 1.82) is 0 Å². The molecule has 1 saturated heterocycles. The molecule has 3 nitrogen and oxygen atoms in total. The number of thiophene rings is 1. The van der Waals surface area contributed by atoms with Crippen LogP contribution in [0.3, 0.4) is 0 Å². The topological polar surface area (TPSA) is 41.1 Å². The van der Waals surface area contributed by atoms with E-state index in [1.165, 1.54) is 54.0 Å². The van der Waals surface area contributed by atoms with E-state index in [-0.39, 0.29) is 22.9 Å². The molecule has 2 aliphatic rings. The second-order valence-electron chi connectivity index (χ2n) is 8.40. The van der Waals surface area contributed by atoms with Gasteiger partial charge in [-0.15, -0.1) is 11.3 Å². The molecular weight excluding hydrogens is 439 g/mol. The maximum Gasteiger partial charge on any atom is 0.228 e. The molecule has 1 saturated carbocycles. The van der Waals surface area contributed by atoms with Gasteiger partial charge in [0.25, 0.3) is 0 Å². The fraction of sp³-hybridized carbons (Fsp3) is 0.522. The van der Waals surface area contributed by atoms with E-state index in [9.17, 15) is 9.18 Å². The highest BCUT2D eigenvalue weighted by Crippen LogP contribution is 2.42. The SMILES string of the molecule is CCC1CCC(c2ccc(C3CC(C(=O)Nc4ccc(F)c(Cl)c4)CSN3)s2)CC1. The average Bonchev–Trinajstić information content (AvgIpc) is 3.27. The summed E-state index contributed by atoms with van der Waals surface area (Å²) in [5.41, 5.74) is 0.535. The Morgan fingerprint density at radius 1 is 1.20 bits per heavy atom. The molecule has 2 N–H and O–H groups in total. The van der Waals surface area contributed by atoms with Crippen molar-refractivity contribution in [3.63, 3.8) is 0 Å². The Kier molecular flexibility index (Phi) is 7.40. The van der Waals surface area contributed by atoms with Crippen LogP contribution in [-0.2, 0) is 4.79 Å². The van der Waals surface area contributed by atoms with Gasteiger partial charge in [0.1, 0.15) is 5.82 Å². The van der Waals surface area contributed by atoms with Gasteiger partial charge in [0.2, 0.25) is 5.91 Å². The molecule has 0 spiro atoms. The van der Waals surface area contributed by atoms with Crippen molar-refractivity contribution in [2.24, 2.45) is 11.8 Å². The van der Waals surface area contributed by atoms with Crippen LogP contribution in [0, 0.1) is 17.7 Å². The number of halogens is 2. The summed E-state index contributed by atoms with van der Waals surface area (Å²) in [5, 5.41) is 2.91. The van der Waals surface area contributed by atoms with Gasteiger partial charge < -0.3 is 5.32 Å². The number of benzene rings is 1. The van der Waals surface area contributed by atoms with E-state index < -0.39 is 5.82 Å². The van der Waals surface area contributed by atoms with Crippen LogP contribution in [0.4, 0.5) is 10.1 Å². The van der Waals surface area contributed by atoms with Gasteiger partial charge in [-0.2, -0.15) is 0 Å². The van der Waals surface area contributed by atoms with Crippen molar-refractivity contribution < 1.29 is 9.18 Å². The monoisotopic (exact) mass is 466 g/mol. The largest absolute Gasteiger partial charge is 0.326 e. The molecule has 4 rings (SSSR count). The van der Waals surface area contributed by atoms with Gasteiger partial charge in [-0.05, 0) is 74.3 Å². The standard InChI is InChI=1S/C23H28ClFN2OS2/c1-2-14-3-5-15(6-4-14)21-9-10-22(30-21)20-11-16(13-29-27-20)23(28)26-17-7-8-19(25)18(24)12-17/h7-10,12,14-16,20,27H,2-6,11,13H2,1H3,(H,26,28). The van der Waals surface area contributed by atoms with E-state index in [4.69, 9.17) is 11.6 Å². The minimum atomic E-state index is -0.483. The number of hydrogen-bond donors (Lipinski definition) is 2. The van der Waals surface area contributed by atoms with Gasteiger partial charge in [-0.1, -0.05) is 36.9 Å². The zero-order chi connectivity index (χ0) is 21.1. The van der Waals surface area contributed by atoms with Gasteiger partial charge in [0.05, 0.1) is 17.0 Å². The summed E-state index contributed by atoms with van der Waals surface area (Å²) in [5.74, 6) is 1.71. The Morgan fingerprint density at radius 2 is 1.97 bits per heavy atom. The summed E-state index contributed by atoms with van der Waals surface area (Å²) in [7, 11) is 0. The molecule has 2 atom stereocenters. The van der Waals surface area contributed by atoms with Crippen LogP contribution >= 0.6 is 34.9 Å². The van der Waals surface area contributed by atoms with Crippen LogP contribution in [0.1, 0.15) is 67.2 Å². The summed E-state index contributed by atoms with van der Waals surface area (Å²) >= 11 is 9.35. The number of rotatable bonds is 5. The van der Waals surface area contributed by atoms with Crippen molar-refractivity contribution >= 4 is 46.5 Å². The Hall–Kier alpha value is -1.08. The van der Waals surface area contributed by atoms with Gasteiger partial charge in [-0.3, -0.25) is 9.52 Å². The van der Waals surface area contributed by atoms with Crippen molar-refractivity contribution in [3.8, 4) is 0 Å². The molecule has 0 radical (unpaired) electrons. The predicted molar refractivity (Wildman–Crippen MR) is 126 cm³/mol. The molecule has 1 aliphatic heterocycles. The highest BCUT2D eigenvalue weighted by Gasteiger charge is 2.30. The zero-order valence-electron chi connectivity index (χ0n) is 17.1. The molecule has 1 aliphatic carbocycles. The number of hydrogen-bond acceptors (Lipinski definition) is 4. The third-order valence-electron chi connectivity index (χ3n) is 6.41. The summed E-state index contributed by atoms with van der Waals surface area (Å²) in [4.78, 5) is 15.6. The van der Waals surface area contributed by atoms with Crippen LogP contribution in [0.5, 0.6) is 0 Å². The summed E-state index contributed by atoms with van der Waals surface area (Å²) in [6.45, 7) is 2.30. The summed E-state index contributed by atoms with van der Waals surface area (Å²) < 4.78 is 16.9. The first-order valence-electron chi connectivity index (χ1n) is 10.8. The van der Waals surface area contributed by atoms with E-state index in [2.05, 4.69) is 29.1 Å². The van der Waals surface area contributed by atoms with Crippen LogP contribution < -0.4 is 10.0 Å². The third-order valence-corrected chi connectivity index (χ3v) is 9.08. The minimum absolute atomic E-state index is 0.0180. The van der Waals surface area contributed by atoms with E-state index in [0.717, 1.165) is 18.1 Å². The second kappa shape index (κ2) is 10.0. The van der Waals surface area contributed by atoms with Crippen molar-refractivity contribution in [1.82, 2.24) is 4.72 Å². The van der Waals surface area contributed by atoms with E-state index >= 15 is 0 Å². The van der Waals surface area contributed by atoms with Gasteiger partial charge >= 0.3 is 0 Å². The Labute approximate surface area is 191 Å². The Bertz CT molecular complexity index is 882. The Morgan fingerprint density at radius 3 is 2.70 bits per heavy atom. The van der Waals surface area contributed by atoms with Crippen LogP contribution in [0.15, 0.2) is 30.3 Å². The molecule has 2 heterocycles. The quantitative estimate of drug-likeness (QED) is 0.459. The Balaban J connectivity index is 1.36. The average molecular weight is 467 g/mol. The molecule has 2 fully saturated rings. The lowest BCUT2D eigenvalue weighted by Crippen LogP contribution is -2.33. The lowest BCUT2D eigenvalue weighted by Gasteiger charge is -2.29. The van der Waals surface area contributed by atoms with Crippen molar-refractivity contribution in [3.05, 3.63) is 50.9 Å². The highest BCUT2D eigenvalue weighted by molar-refractivity contribution is 7.97. The lowest BCUT2D eigenvalue weighted by molar-refractivity contribution is -0.119. The number of amides is 1. The maximum atomic E-state index is 13.3. The molecule has 162 valence electrons. The first-order chi connectivity index (χ1) is 14.5.